The van der Waals surface area contributed by atoms with Crippen molar-refractivity contribution in [1.29, 1.82) is 0 Å². The van der Waals surface area contributed by atoms with E-state index in [0.717, 1.165) is 11.3 Å². The summed E-state index contributed by atoms with van der Waals surface area (Å²) < 4.78 is 37.8. The summed E-state index contributed by atoms with van der Waals surface area (Å²) in [5, 5.41) is 3.67. The summed E-state index contributed by atoms with van der Waals surface area (Å²) in [5.41, 5.74) is 1.38. The van der Waals surface area contributed by atoms with Crippen molar-refractivity contribution in [3.8, 4) is 5.75 Å². The molecule has 0 atom stereocenters. The van der Waals surface area contributed by atoms with Gasteiger partial charge in [-0.1, -0.05) is 44.1 Å². The van der Waals surface area contributed by atoms with Gasteiger partial charge in [0.05, 0.1) is 0 Å². The highest BCUT2D eigenvalue weighted by atomic mass is 32.2. The largest absolute Gasteiger partial charge is 0.492 e. The van der Waals surface area contributed by atoms with E-state index < -0.39 is 10.0 Å². The fourth-order valence-corrected chi connectivity index (χ4v) is 3.82. The van der Waals surface area contributed by atoms with Crippen LogP contribution in [0.3, 0.4) is 0 Å². The highest BCUT2D eigenvalue weighted by molar-refractivity contribution is 7.89. The number of nitrogens with one attached hydrogen (secondary N) is 1. The lowest BCUT2D eigenvalue weighted by atomic mass is 9.86. The Hall–Kier alpha value is -1.86. The SMILES string of the molecule is Cc1noc(C)c1S(=O)(=O)NCCOc1ccccc1C(C)(C)C. The molecule has 7 heteroatoms. The maximum Gasteiger partial charge on any atom is 0.246 e. The minimum absolute atomic E-state index is 0.0488. The monoisotopic (exact) mass is 352 g/mol. The fourth-order valence-electron chi connectivity index (χ4n) is 2.48. The van der Waals surface area contributed by atoms with Gasteiger partial charge in [-0.2, -0.15) is 0 Å². The van der Waals surface area contributed by atoms with E-state index >= 15 is 0 Å². The first-order chi connectivity index (χ1) is 11.1. The molecular formula is C17H24N2O4S. The second kappa shape index (κ2) is 6.94. The Kier molecular flexibility index (Phi) is 5.35. The second-order valence-corrected chi connectivity index (χ2v) is 8.35. The Morgan fingerprint density at radius 3 is 2.46 bits per heavy atom. The van der Waals surface area contributed by atoms with Crippen LogP contribution in [0.15, 0.2) is 33.7 Å². The van der Waals surface area contributed by atoms with Gasteiger partial charge in [0, 0.05) is 6.54 Å². The number of sulfonamides is 1. The first-order valence-electron chi connectivity index (χ1n) is 7.78. The van der Waals surface area contributed by atoms with Crippen molar-refractivity contribution in [2.24, 2.45) is 0 Å². The lowest BCUT2D eigenvalue weighted by molar-refractivity contribution is 0.313. The van der Waals surface area contributed by atoms with Crippen LogP contribution in [0, 0.1) is 13.8 Å². The molecule has 2 aromatic rings. The van der Waals surface area contributed by atoms with E-state index in [4.69, 9.17) is 9.26 Å². The van der Waals surface area contributed by atoms with Crippen molar-refractivity contribution in [3.05, 3.63) is 41.3 Å². The zero-order chi connectivity index (χ0) is 18.0. The predicted molar refractivity (Wildman–Crippen MR) is 91.8 cm³/mol. The number of ether oxygens (including phenoxy) is 1. The van der Waals surface area contributed by atoms with Gasteiger partial charge in [-0.25, -0.2) is 13.1 Å². The molecule has 6 nitrogen and oxygen atoms in total. The summed E-state index contributed by atoms with van der Waals surface area (Å²) in [6, 6.07) is 7.78. The zero-order valence-electron chi connectivity index (χ0n) is 14.7. The molecular weight excluding hydrogens is 328 g/mol. The molecule has 0 radical (unpaired) electrons. The number of hydrogen-bond acceptors (Lipinski definition) is 5. The summed E-state index contributed by atoms with van der Waals surface area (Å²) in [6.07, 6.45) is 0. The normalized spacial score (nSPS) is 12.4. The number of aromatic nitrogens is 1. The number of aryl methyl sites for hydroxylation is 2. The molecule has 132 valence electrons. The molecule has 1 heterocycles. The second-order valence-electron chi connectivity index (χ2n) is 6.65. The Morgan fingerprint density at radius 2 is 1.88 bits per heavy atom. The summed E-state index contributed by atoms with van der Waals surface area (Å²) in [4.78, 5) is 0.0950. The van der Waals surface area contributed by atoms with Gasteiger partial charge in [0.15, 0.2) is 5.76 Å². The molecule has 0 saturated heterocycles. The molecule has 1 N–H and O–H groups in total. The quantitative estimate of drug-likeness (QED) is 0.808. The van der Waals surface area contributed by atoms with Gasteiger partial charge in [0.25, 0.3) is 0 Å². The first kappa shape index (κ1) is 18.5. The van der Waals surface area contributed by atoms with Crippen LogP contribution in [-0.2, 0) is 15.4 Å². The Morgan fingerprint density at radius 1 is 1.21 bits per heavy atom. The lowest BCUT2D eigenvalue weighted by Gasteiger charge is -2.22. The van der Waals surface area contributed by atoms with Crippen molar-refractivity contribution in [2.75, 3.05) is 13.2 Å². The average molecular weight is 352 g/mol. The molecule has 1 aromatic heterocycles. The van der Waals surface area contributed by atoms with Crippen molar-refractivity contribution >= 4 is 10.0 Å². The van der Waals surface area contributed by atoms with E-state index in [1.54, 1.807) is 13.8 Å². The van der Waals surface area contributed by atoms with Gasteiger partial charge in [-0.05, 0) is 30.9 Å². The molecule has 0 aliphatic rings. The van der Waals surface area contributed by atoms with Crippen molar-refractivity contribution < 1.29 is 17.7 Å². The average Bonchev–Trinajstić information content (AvgIpc) is 2.83. The fraction of sp³-hybridized carbons (Fsp3) is 0.471. The third-order valence-corrected chi connectivity index (χ3v) is 5.29. The predicted octanol–water partition coefficient (Wildman–Crippen LogP) is 2.95. The molecule has 0 bridgehead atoms. The molecule has 0 amide bonds. The van der Waals surface area contributed by atoms with Gasteiger partial charge in [0.2, 0.25) is 10.0 Å². The smallest absolute Gasteiger partial charge is 0.246 e. The van der Waals surface area contributed by atoms with Gasteiger partial charge < -0.3 is 9.26 Å². The highest BCUT2D eigenvalue weighted by Crippen LogP contribution is 2.30. The van der Waals surface area contributed by atoms with Gasteiger partial charge in [-0.15, -0.1) is 0 Å². The minimum Gasteiger partial charge on any atom is -0.492 e. The lowest BCUT2D eigenvalue weighted by Crippen LogP contribution is -2.29. The van der Waals surface area contributed by atoms with Crippen LogP contribution in [0.2, 0.25) is 0 Å². The molecule has 0 aliphatic heterocycles. The van der Waals surface area contributed by atoms with E-state index in [0.29, 0.717) is 5.69 Å². The summed E-state index contributed by atoms with van der Waals surface area (Å²) in [7, 11) is -3.66. The van der Waals surface area contributed by atoms with E-state index in [1.807, 2.05) is 24.3 Å². The number of rotatable bonds is 6. The van der Waals surface area contributed by atoms with E-state index in [2.05, 4.69) is 30.6 Å². The van der Waals surface area contributed by atoms with Crippen LogP contribution in [0.4, 0.5) is 0 Å². The minimum atomic E-state index is -3.66. The summed E-state index contributed by atoms with van der Waals surface area (Å²) in [5.74, 6) is 1.04. The Balaban J connectivity index is 1.99. The third kappa shape index (κ3) is 4.15. The number of hydrogen-bond donors (Lipinski definition) is 1. The maximum absolute atomic E-state index is 12.3. The third-order valence-electron chi connectivity index (χ3n) is 3.58. The van der Waals surface area contributed by atoms with E-state index in [-0.39, 0.29) is 29.2 Å². The van der Waals surface area contributed by atoms with Crippen molar-refractivity contribution in [3.63, 3.8) is 0 Å². The molecule has 0 spiro atoms. The summed E-state index contributed by atoms with van der Waals surface area (Å²) in [6.45, 7) is 9.88. The van der Waals surface area contributed by atoms with Crippen molar-refractivity contribution in [2.45, 2.75) is 44.9 Å². The van der Waals surface area contributed by atoms with Crippen LogP contribution in [0.1, 0.15) is 37.8 Å². The van der Waals surface area contributed by atoms with Crippen LogP contribution < -0.4 is 9.46 Å². The van der Waals surface area contributed by atoms with E-state index in [1.165, 1.54) is 0 Å². The standard InChI is InChI=1S/C17H24N2O4S/c1-12-16(13(2)23-19-12)24(20,21)18-10-11-22-15-9-7-6-8-14(15)17(3,4)5/h6-9,18H,10-11H2,1-5H3. The van der Waals surface area contributed by atoms with Crippen LogP contribution >= 0.6 is 0 Å². The maximum atomic E-state index is 12.3. The first-order valence-corrected chi connectivity index (χ1v) is 9.26. The van der Waals surface area contributed by atoms with Crippen LogP contribution in [-0.4, -0.2) is 26.7 Å². The Labute approximate surface area is 143 Å². The van der Waals surface area contributed by atoms with Gasteiger partial charge >= 0.3 is 0 Å². The molecule has 0 fully saturated rings. The molecule has 0 aliphatic carbocycles. The molecule has 0 unspecified atom stereocenters. The zero-order valence-corrected chi connectivity index (χ0v) is 15.5. The highest BCUT2D eigenvalue weighted by Gasteiger charge is 2.24. The molecule has 24 heavy (non-hydrogen) atoms. The van der Waals surface area contributed by atoms with Gasteiger partial charge in [0.1, 0.15) is 22.9 Å². The molecule has 1 aromatic carbocycles. The topological polar surface area (TPSA) is 81.4 Å². The van der Waals surface area contributed by atoms with Crippen molar-refractivity contribution in [1.82, 2.24) is 9.88 Å². The van der Waals surface area contributed by atoms with Crippen LogP contribution in [0.25, 0.3) is 0 Å². The van der Waals surface area contributed by atoms with Gasteiger partial charge in [-0.3, -0.25) is 0 Å². The molecule has 2 rings (SSSR count). The summed E-state index contributed by atoms with van der Waals surface area (Å²) >= 11 is 0. The molecule has 0 saturated carbocycles. The number of benzene rings is 1. The van der Waals surface area contributed by atoms with E-state index in [9.17, 15) is 8.42 Å². The van der Waals surface area contributed by atoms with Crippen LogP contribution in [0.5, 0.6) is 5.75 Å². The number of para-hydroxylation sites is 1. The Bertz CT molecular complexity index is 785. The number of nitrogens with zero attached hydrogens (tertiary/aromatic N) is 1.